The zero-order valence-corrected chi connectivity index (χ0v) is 15.6. The highest BCUT2D eigenvalue weighted by molar-refractivity contribution is 9.10. The van der Waals surface area contributed by atoms with Gasteiger partial charge < -0.3 is 10.7 Å². The number of rotatable bonds is 5. The Morgan fingerprint density at radius 2 is 1.96 bits per heavy atom. The van der Waals surface area contributed by atoms with E-state index >= 15 is 0 Å². The molecule has 0 saturated carbocycles. The SMILES string of the molecule is NCCCCc1c(-c2nc3ccccc3s2)[nH]c2c(Br)cccc12. The minimum atomic E-state index is 0.739. The van der Waals surface area contributed by atoms with Gasteiger partial charge in [0.05, 0.1) is 21.4 Å². The van der Waals surface area contributed by atoms with Crippen LogP contribution in [0.15, 0.2) is 46.9 Å². The summed E-state index contributed by atoms with van der Waals surface area (Å²) >= 11 is 5.41. The molecule has 0 aliphatic heterocycles. The highest BCUT2D eigenvalue weighted by Gasteiger charge is 2.17. The number of aryl methyl sites for hydroxylation is 1. The van der Waals surface area contributed by atoms with E-state index in [1.54, 1.807) is 11.3 Å². The van der Waals surface area contributed by atoms with Gasteiger partial charge in [-0.25, -0.2) is 4.98 Å². The van der Waals surface area contributed by atoms with Gasteiger partial charge in [-0.2, -0.15) is 0 Å². The Kier molecular flexibility index (Phi) is 4.39. The van der Waals surface area contributed by atoms with Crippen LogP contribution < -0.4 is 5.73 Å². The van der Waals surface area contributed by atoms with Crippen molar-refractivity contribution in [2.45, 2.75) is 19.3 Å². The first-order valence-corrected chi connectivity index (χ1v) is 9.74. The van der Waals surface area contributed by atoms with Crippen molar-refractivity contribution < 1.29 is 0 Å². The molecule has 0 saturated heterocycles. The van der Waals surface area contributed by atoms with Crippen LogP contribution in [0.5, 0.6) is 0 Å². The van der Waals surface area contributed by atoms with Crippen LogP contribution in [0.4, 0.5) is 0 Å². The molecule has 2 heterocycles. The number of hydrogen-bond acceptors (Lipinski definition) is 3. The third-order valence-corrected chi connectivity index (χ3v) is 5.99. The van der Waals surface area contributed by atoms with Crippen molar-refractivity contribution in [3.05, 3.63) is 52.5 Å². The number of para-hydroxylation sites is 2. The predicted molar refractivity (Wildman–Crippen MR) is 107 cm³/mol. The van der Waals surface area contributed by atoms with E-state index in [2.05, 4.69) is 57.3 Å². The number of halogens is 1. The summed E-state index contributed by atoms with van der Waals surface area (Å²) in [6, 6.07) is 14.7. The molecule has 122 valence electrons. The smallest absolute Gasteiger partial charge is 0.141 e. The van der Waals surface area contributed by atoms with E-state index in [1.807, 2.05) is 6.07 Å². The average molecular weight is 400 g/mol. The number of unbranched alkanes of at least 4 members (excludes halogenated alkanes) is 1. The minimum Gasteiger partial charge on any atom is -0.351 e. The van der Waals surface area contributed by atoms with Crippen molar-refractivity contribution in [3.8, 4) is 10.7 Å². The Morgan fingerprint density at radius 3 is 2.79 bits per heavy atom. The fourth-order valence-corrected chi connectivity index (χ4v) is 4.56. The highest BCUT2D eigenvalue weighted by Crippen LogP contribution is 2.37. The van der Waals surface area contributed by atoms with E-state index in [4.69, 9.17) is 10.7 Å². The van der Waals surface area contributed by atoms with Gasteiger partial charge in [-0.3, -0.25) is 0 Å². The normalized spacial score (nSPS) is 11.6. The number of nitrogens with zero attached hydrogens (tertiary/aromatic N) is 1. The van der Waals surface area contributed by atoms with Gasteiger partial charge in [0.1, 0.15) is 5.01 Å². The van der Waals surface area contributed by atoms with Crippen LogP contribution in [-0.2, 0) is 6.42 Å². The van der Waals surface area contributed by atoms with Gasteiger partial charge in [0, 0.05) is 9.86 Å². The van der Waals surface area contributed by atoms with Gasteiger partial charge >= 0.3 is 0 Å². The Morgan fingerprint density at radius 1 is 1.08 bits per heavy atom. The maximum Gasteiger partial charge on any atom is 0.141 e. The van der Waals surface area contributed by atoms with E-state index < -0.39 is 0 Å². The lowest BCUT2D eigenvalue weighted by Gasteiger charge is -2.02. The summed E-state index contributed by atoms with van der Waals surface area (Å²) < 4.78 is 2.31. The third-order valence-electron chi connectivity index (χ3n) is 4.28. The monoisotopic (exact) mass is 399 g/mol. The molecular formula is C19H18BrN3S. The van der Waals surface area contributed by atoms with Crippen molar-refractivity contribution >= 4 is 48.4 Å². The van der Waals surface area contributed by atoms with Crippen LogP contribution in [0.3, 0.4) is 0 Å². The van der Waals surface area contributed by atoms with Crippen LogP contribution in [0.1, 0.15) is 18.4 Å². The Hall–Kier alpha value is -1.69. The minimum absolute atomic E-state index is 0.739. The van der Waals surface area contributed by atoms with Crippen molar-refractivity contribution in [2.24, 2.45) is 5.73 Å². The van der Waals surface area contributed by atoms with Gasteiger partial charge in [-0.1, -0.05) is 24.3 Å². The van der Waals surface area contributed by atoms with Crippen molar-refractivity contribution in [3.63, 3.8) is 0 Å². The molecule has 0 fully saturated rings. The van der Waals surface area contributed by atoms with Crippen LogP contribution in [0, 0.1) is 0 Å². The predicted octanol–water partition coefficient (Wildman–Crippen LogP) is 5.49. The molecule has 0 unspecified atom stereocenters. The summed E-state index contributed by atoms with van der Waals surface area (Å²) in [4.78, 5) is 8.45. The van der Waals surface area contributed by atoms with Crippen molar-refractivity contribution in [1.82, 2.24) is 9.97 Å². The molecular weight excluding hydrogens is 382 g/mol. The average Bonchev–Trinajstić information content (AvgIpc) is 3.17. The van der Waals surface area contributed by atoms with Crippen LogP contribution in [0.2, 0.25) is 0 Å². The lowest BCUT2D eigenvalue weighted by molar-refractivity contribution is 0.748. The van der Waals surface area contributed by atoms with E-state index in [9.17, 15) is 0 Å². The summed E-state index contributed by atoms with van der Waals surface area (Å²) in [5.41, 5.74) is 10.4. The van der Waals surface area contributed by atoms with E-state index in [0.717, 1.165) is 52.0 Å². The molecule has 0 radical (unpaired) electrons. The Bertz CT molecular complexity index is 969. The standard InChI is InChI=1S/C19H18BrN3S/c20-14-8-5-7-12-13(6-3-4-11-21)18(23-17(12)14)19-22-15-9-1-2-10-16(15)24-19/h1-2,5,7-10,23H,3-4,6,11,21H2. The number of fused-ring (bicyclic) bond motifs is 2. The molecule has 24 heavy (non-hydrogen) atoms. The molecule has 0 amide bonds. The summed E-state index contributed by atoms with van der Waals surface area (Å²) in [5.74, 6) is 0. The number of nitrogens with one attached hydrogen (secondary N) is 1. The summed E-state index contributed by atoms with van der Waals surface area (Å²) in [6.07, 6.45) is 3.15. The summed E-state index contributed by atoms with van der Waals surface area (Å²) in [7, 11) is 0. The number of H-pyrrole nitrogens is 1. The number of aromatic nitrogens is 2. The first-order chi connectivity index (χ1) is 11.8. The van der Waals surface area contributed by atoms with Crippen molar-refractivity contribution in [1.29, 1.82) is 0 Å². The first kappa shape index (κ1) is 15.8. The molecule has 2 aromatic carbocycles. The molecule has 0 spiro atoms. The van der Waals surface area contributed by atoms with Crippen LogP contribution in [0.25, 0.3) is 31.8 Å². The van der Waals surface area contributed by atoms with Gasteiger partial charge in [-0.05, 0) is 65.5 Å². The van der Waals surface area contributed by atoms with Gasteiger partial charge in [-0.15, -0.1) is 11.3 Å². The van der Waals surface area contributed by atoms with E-state index in [1.165, 1.54) is 15.6 Å². The molecule has 4 rings (SSSR count). The lowest BCUT2D eigenvalue weighted by Crippen LogP contribution is -1.99. The number of aromatic amines is 1. The molecule has 2 aromatic heterocycles. The number of hydrogen-bond donors (Lipinski definition) is 2. The molecule has 5 heteroatoms. The molecule has 3 nitrogen and oxygen atoms in total. The third kappa shape index (κ3) is 2.77. The Balaban J connectivity index is 1.89. The summed E-state index contributed by atoms with van der Waals surface area (Å²) in [6.45, 7) is 0.739. The van der Waals surface area contributed by atoms with E-state index in [-0.39, 0.29) is 0 Å². The zero-order valence-electron chi connectivity index (χ0n) is 13.2. The maximum atomic E-state index is 5.68. The molecule has 0 aliphatic carbocycles. The topological polar surface area (TPSA) is 54.7 Å². The van der Waals surface area contributed by atoms with Crippen molar-refractivity contribution in [2.75, 3.05) is 6.54 Å². The second-order valence-corrected chi connectivity index (χ2v) is 7.76. The Labute approximate surface area is 153 Å². The molecule has 0 bridgehead atoms. The summed E-state index contributed by atoms with van der Waals surface area (Å²) in [5, 5.41) is 2.33. The first-order valence-electron chi connectivity index (χ1n) is 8.13. The maximum absolute atomic E-state index is 5.68. The van der Waals surface area contributed by atoms with Crippen LogP contribution >= 0.6 is 27.3 Å². The second kappa shape index (κ2) is 6.67. The highest BCUT2D eigenvalue weighted by atomic mass is 79.9. The van der Waals surface area contributed by atoms with Crippen LogP contribution in [-0.4, -0.2) is 16.5 Å². The van der Waals surface area contributed by atoms with Gasteiger partial charge in [0.15, 0.2) is 0 Å². The number of nitrogens with two attached hydrogens (primary N) is 1. The lowest BCUT2D eigenvalue weighted by atomic mass is 10.0. The fourth-order valence-electron chi connectivity index (χ4n) is 3.11. The largest absolute Gasteiger partial charge is 0.351 e. The molecule has 3 N–H and O–H groups in total. The fraction of sp³-hybridized carbons (Fsp3) is 0.211. The quantitative estimate of drug-likeness (QED) is 0.436. The second-order valence-electron chi connectivity index (χ2n) is 5.87. The van der Waals surface area contributed by atoms with Gasteiger partial charge in [0.2, 0.25) is 0 Å². The molecule has 4 aromatic rings. The number of benzene rings is 2. The molecule has 0 aliphatic rings. The van der Waals surface area contributed by atoms with E-state index in [0.29, 0.717) is 0 Å². The van der Waals surface area contributed by atoms with Gasteiger partial charge in [0.25, 0.3) is 0 Å². The molecule has 0 atom stereocenters. The number of thiazole rings is 1. The zero-order chi connectivity index (χ0) is 16.5.